The highest BCUT2D eigenvalue weighted by molar-refractivity contribution is 6.51. The molecule has 0 amide bonds. The second-order valence-corrected chi connectivity index (χ2v) is 5.60. The lowest BCUT2D eigenvalue weighted by Crippen LogP contribution is -2.36. The van der Waals surface area contributed by atoms with Crippen LogP contribution in [0, 0.1) is 11.8 Å². The quantitative estimate of drug-likeness (QED) is 0.587. The molecule has 0 aromatic carbocycles. The highest BCUT2D eigenvalue weighted by atomic mass is 35.5. The zero-order chi connectivity index (χ0) is 9.10. The molecule has 0 aromatic rings. The molecule has 2 atom stereocenters. The molecule has 0 N–H and O–H groups in total. The molecule has 1 heterocycles. The zero-order valence-corrected chi connectivity index (χ0v) is 8.77. The summed E-state index contributed by atoms with van der Waals surface area (Å²) in [6.07, 6.45) is 3.18. The molecule has 2 saturated carbocycles. The summed E-state index contributed by atoms with van der Waals surface area (Å²) in [7, 11) is 0. The van der Waals surface area contributed by atoms with Crippen LogP contribution in [-0.2, 0) is 9.47 Å². The van der Waals surface area contributed by atoms with Crippen molar-refractivity contribution in [2.75, 3.05) is 13.2 Å². The van der Waals surface area contributed by atoms with Crippen LogP contribution in [-0.4, -0.2) is 23.3 Å². The average Bonchev–Trinajstić information content (AvgIpc) is 2.48. The Hall–Kier alpha value is 0.500. The van der Waals surface area contributed by atoms with Crippen LogP contribution < -0.4 is 0 Å². The Morgan fingerprint density at radius 1 is 1.15 bits per heavy atom. The Morgan fingerprint density at radius 3 is 2.54 bits per heavy atom. The third-order valence-corrected chi connectivity index (χ3v) is 4.52. The monoisotopic (exact) mass is 222 g/mol. The molecule has 2 nitrogen and oxygen atoms in total. The molecular weight excluding hydrogens is 211 g/mol. The third kappa shape index (κ3) is 1.03. The van der Waals surface area contributed by atoms with Gasteiger partial charge in [0.15, 0.2) is 5.79 Å². The number of hydrogen-bond acceptors (Lipinski definition) is 2. The molecule has 4 heteroatoms. The van der Waals surface area contributed by atoms with Crippen LogP contribution in [0.5, 0.6) is 0 Å². The van der Waals surface area contributed by atoms with Crippen LogP contribution in [0.2, 0.25) is 0 Å². The molecule has 1 aliphatic heterocycles. The number of hydrogen-bond donors (Lipinski definition) is 0. The highest BCUT2D eigenvalue weighted by Gasteiger charge is 2.74. The number of fused-ring (bicyclic) bond motifs is 2. The molecule has 0 bridgehead atoms. The van der Waals surface area contributed by atoms with Crippen LogP contribution >= 0.6 is 23.2 Å². The number of rotatable bonds is 0. The lowest BCUT2D eigenvalue weighted by atomic mass is 9.94. The van der Waals surface area contributed by atoms with Crippen LogP contribution in [0.25, 0.3) is 0 Å². The second-order valence-electron chi connectivity index (χ2n) is 4.16. The fraction of sp³-hybridized carbons (Fsp3) is 1.00. The van der Waals surface area contributed by atoms with Gasteiger partial charge in [-0.3, -0.25) is 0 Å². The molecule has 2 aliphatic carbocycles. The van der Waals surface area contributed by atoms with Crippen molar-refractivity contribution in [3.05, 3.63) is 0 Å². The van der Waals surface area contributed by atoms with Crippen molar-refractivity contribution in [2.24, 2.45) is 11.8 Å². The molecule has 1 saturated heterocycles. The SMILES string of the molecule is ClC1(Cl)[C@@H]2CCCC3(OCCO3)[C@@H]21. The van der Waals surface area contributed by atoms with Crippen LogP contribution in [0.15, 0.2) is 0 Å². The summed E-state index contributed by atoms with van der Waals surface area (Å²) in [5, 5.41) is 0. The second kappa shape index (κ2) is 2.54. The molecule has 1 spiro atoms. The summed E-state index contributed by atoms with van der Waals surface area (Å²) in [5.74, 6) is 0.175. The van der Waals surface area contributed by atoms with E-state index >= 15 is 0 Å². The van der Waals surface area contributed by atoms with E-state index in [1.54, 1.807) is 0 Å². The van der Waals surface area contributed by atoms with E-state index in [9.17, 15) is 0 Å². The molecule has 0 radical (unpaired) electrons. The summed E-state index contributed by atoms with van der Waals surface area (Å²) >= 11 is 12.4. The van der Waals surface area contributed by atoms with E-state index < -0.39 is 10.1 Å². The zero-order valence-electron chi connectivity index (χ0n) is 7.26. The van der Waals surface area contributed by atoms with E-state index in [1.807, 2.05) is 0 Å². The van der Waals surface area contributed by atoms with Gasteiger partial charge in [0.2, 0.25) is 0 Å². The largest absolute Gasteiger partial charge is 0.347 e. The van der Waals surface area contributed by atoms with Crippen molar-refractivity contribution in [3.63, 3.8) is 0 Å². The van der Waals surface area contributed by atoms with Crippen molar-refractivity contribution in [2.45, 2.75) is 29.4 Å². The van der Waals surface area contributed by atoms with Crippen LogP contribution in [0.4, 0.5) is 0 Å². The number of ether oxygens (including phenoxy) is 2. The lowest BCUT2D eigenvalue weighted by Gasteiger charge is -2.30. The molecule has 3 aliphatic rings. The predicted octanol–water partition coefficient (Wildman–Crippen LogP) is 2.33. The van der Waals surface area contributed by atoms with Gasteiger partial charge in [-0.15, -0.1) is 23.2 Å². The maximum Gasteiger partial charge on any atom is 0.174 e. The maximum absolute atomic E-state index is 6.19. The highest BCUT2D eigenvalue weighted by Crippen LogP contribution is 2.70. The first-order chi connectivity index (χ1) is 6.17. The Balaban J connectivity index is 1.89. The summed E-state index contributed by atoms with van der Waals surface area (Å²) in [6, 6.07) is 0. The van der Waals surface area contributed by atoms with Crippen LogP contribution in [0.1, 0.15) is 19.3 Å². The molecule has 0 unspecified atom stereocenters. The molecule has 3 fully saturated rings. The molecule has 74 valence electrons. The van der Waals surface area contributed by atoms with Crippen molar-refractivity contribution in [1.29, 1.82) is 0 Å². The van der Waals surface area contributed by atoms with Gasteiger partial charge >= 0.3 is 0 Å². The Labute approximate surface area is 87.5 Å². The van der Waals surface area contributed by atoms with Gasteiger partial charge in [0, 0.05) is 12.3 Å². The minimum atomic E-state index is -0.582. The van der Waals surface area contributed by atoms with E-state index in [2.05, 4.69) is 0 Å². The van der Waals surface area contributed by atoms with Gasteiger partial charge in [0.25, 0.3) is 0 Å². The van der Waals surface area contributed by atoms with E-state index in [0.29, 0.717) is 19.1 Å². The summed E-state index contributed by atoms with van der Waals surface area (Å²) in [4.78, 5) is 0. The standard InChI is InChI=1S/C9H12Cl2O2/c10-9(11)6-2-1-3-8(7(6)9)12-4-5-13-8/h6-7H,1-5H2/t6-,7-/m1/s1. The van der Waals surface area contributed by atoms with Gasteiger partial charge in [0.1, 0.15) is 4.33 Å². The Bertz CT molecular complexity index is 236. The summed E-state index contributed by atoms with van der Waals surface area (Å²) in [5.41, 5.74) is 0. The Kier molecular flexibility index (Phi) is 1.72. The van der Waals surface area contributed by atoms with E-state index in [4.69, 9.17) is 32.7 Å². The van der Waals surface area contributed by atoms with Gasteiger partial charge in [-0.25, -0.2) is 0 Å². The van der Waals surface area contributed by atoms with Crippen molar-refractivity contribution < 1.29 is 9.47 Å². The first kappa shape index (κ1) is 8.78. The van der Waals surface area contributed by atoms with E-state index in [-0.39, 0.29) is 5.92 Å². The fourth-order valence-electron chi connectivity index (χ4n) is 2.87. The maximum atomic E-state index is 6.19. The van der Waals surface area contributed by atoms with Crippen molar-refractivity contribution in [1.82, 2.24) is 0 Å². The van der Waals surface area contributed by atoms with E-state index in [1.165, 1.54) is 0 Å². The van der Waals surface area contributed by atoms with E-state index in [0.717, 1.165) is 19.3 Å². The summed E-state index contributed by atoms with van der Waals surface area (Å²) in [6.45, 7) is 1.38. The van der Waals surface area contributed by atoms with Gasteiger partial charge in [0.05, 0.1) is 19.1 Å². The first-order valence-corrected chi connectivity index (χ1v) is 5.58. The molecule has 13 heavy (non-hydrogen) atoms. The molecule has 3 rings (SSSR count). The third-order valence-electron chi connectivity index (χ3n) is 3.49. The summed E-state index contributed by atoms with van der Waals surface area (Å²) < 4.78 is 10.8. The van der Waals surface area contributed by atoms with Crippen molar-refractivity contribution in [3.8, 4) is 0 Å². The molecular formula is C9H12Cl2O2. The normalized spacial score (nSPS) is 44.8. The van der Waals surface area contributed by atoms with Crippen LogP contribution in [0.3, 0.4) is 0 Å². The Morgan fingerprint density at radius 2 is 1.85 bits per heavy atom. The smallest absolute Gasteiger partial charge is 0.174 e. The van der Waals surface area contributed by atoms with Gasteiger partial charge < -0.3 is 9.47 Å². The number of alkyl halides is 2. The minimum absolute atomic E-state index is 0.208. The van der Waals surface area contributed by atoms with Gasteiger partial charge in [-0.05, 0) is 12.8 Å². The van der Waals surface area contributed by atoms with Crippen molar-refractivity contribution >= 4 is 23.2 Å². The predicted molar refractivity (Wildman–Crippen MR) is 49.9 cm³/mol. The number of halogens is 2. The molecule has 0 aromatic heterocycles. The fourth-order valence-corrected chi connectivity index (χ4v) is 3.85. The van der Waals surface area contributed by atoms with Gasteiger partial charge in [-0.2, -0.15) is 0 Å². The minimum Gasteiger partial charge on any atom is -0.347 e. The average molecular weight is 223 g/mol. The van der Waals surface area contributed by atoms with Gasteiger partial charge in [-0.1, -0.05) is 0 Å². The topological polar surface area (TPSA) is 18.5 Å². The first-order valence-electron chi connectivity index (χ1n) is 4.82. The lowest BCUT2D eigenvalue weighted by molar-refractivity contribution is -0.189.